The van der Waals surface area contributed by atoms with E-state index in [0.29, 0.717) is 6.54 Å². The summed E-state index contributed by atoms with van der Waals surface area (Å²) in [5, 5.41) is 3.11. The zero-order valence-electron chi connectivity index (χ0n) is 18.0. The van der Waals surface area contributed by atoms with Crippen molar-refractivity contribution >= 4 is 23.5 Å². The molecule has 0 unspecified atom stereocenters. The van der Waals surface area contributed by atoms with Crippen LogP contribution in [0.2, 0.25) is 0 Å². The van der Waals surface area contributed by atoms with Crippen LogP contribution in [0.3, 0.4) is 0 Å². The van der Waals surface area contributed by atoms with E-state index in [1.165, 1.54) is 10.5 Å². The lowest BCUT2D eigenvalue weighted by Crippen LogP contribution is -2.40. The van der Waals surface area contributed by atoms with Crippen LogP contribution in [0.25, 0.3) is 11.4 Å². The summed E-state index contributed by atoms with van der Waals surface area (Å²) in [6.07, 6.45) is 5.55. The normalized spacial score (nSPS) is 14.5. The average molecular weight is 433 g/mol. The van der Waals surface area contributed by atoms with Crippen LogP contribution in [0.5, 0.6) is 0 Å². The number of carbonyl (C=O) groups is 1. The van der Waals surface area contributed by atoms with Gasteiger partial charge < -0.3 is 10.2 Å². The Labute approximate surface area is 188 Å². The highest BCUT2D eigenvalue weighted by Crippen LogP contribution is 2.24. The Bertz CT molecular complexity index is 1010. The van der Waals surface area contributed by atoms with Crippen LogP contribution in [0.4, 0.5) is 5.82 Å². The quantitative estimate of drug-likeness (QED) is 0.572. The van der Waals surface area contributed by atoms with Crippen LogP contribution < -0.4 is 10.2 Å². The van der Waals surface area contributed by atoms with Gasteiger partial charge in [-0.2, -0.15) is 0 Å². The van der Waals surface area contributed by atoms with E-state index in [4.69, 9.17) is 4.98 Å². The molecule has 0 saturated carbocycles. The Morgan fingerprint density at radius 3 is 2.45 bits per heavy atom. The van der Waals surface area contributed by atoms with Gasteiger partial charge >= 0.3 is 0 Å². The number of anilines is 1. The van der Waals surface area contributed by atoms with Gasteiger partial charge in [0.25, 0.3) is 0 Å². The molecule has 1 fully saturated rings. The molecule has 4 rings (SSSR count). The Morgan fingerprint density at radius 1 is 1.06 bits per heavy atom. The largest absolute Gasteiger partial charge is 0.356 e. The molecule has 1 N–H and O–H groups in total. The number of nitrogens with one attached hydrogen (secondary N) is 1. The number of piperidine rings is 1. The molecule has 1 aromatic heterocycles. The molecule has 0 spiro atoms. The van der Waals surface area contributed by atoms with Gasteiger partial charge in [0, 0.05) is 42.2 Å². The molecule has 0 bridgehead atoms. The zero-order chi connectivity index (χ0) is 21.6. The van der Waals surface area contributed by atoms with Gasteiger partial charge in [-0.1, -0.05) is 42.0 Å². The highest BCUT2D eigenvalue weighted by atomic mass is 32.2. The van der Waals surface area contributed by atoms with Crippen molar-refractivity contribution in [2.45, 2.75) is 31.2 Å². The standard InChI is InChI=1S/C25H28N4OS/c1-18-3-7-20(8-4-18)24-26-14-11-23(28-24)29-15-12-21(13-16-29)25(30)27-17-19-5-9-22(31-2)10-6-19/h3-11,14,21H,12-13,15-17H2,1-2H3,(H,27,30). The predicted octanol–water partition coefficient (Wildman–Crippen LogP) is 4.71. The predicted molar refractivity (Wildman–Crippen MR) is 127 cm³/mol. The lowest BCUT2D eigenvalue weighted by molar-refractivity contribution is -0.125. The summed E-state index contributed by atoms with van der Waals surface area (Å²) in [5.74, 6) is 1.87. The summed E-state index contributed by atoms with van der Waals surface area (Å²) in [4.78, 5) is 25.3. The fourth-order valence-corrected chi connectivity index (χ4v) is 4.22. The fraction of sp³-hybridized carbons (Fsp3) is 0.320. The summed E-state index contributed by atoms with van der Waals surface area (Å²) in [7, 11) is 0. The second-order valence-electron chi connectivity index (χ2n) is 7.93. The lowest BCUT2D eigenvalue weighted by atomic mass is 9.96. The van der Waals surface area contributed by atoms with E-state index >= 15 is 0 Å². The number of aromatic nitrogens is 2. The summed E-state index contributed by atoms with van der Waals surface area (Å²) < 4.78 is 0. The molecule has 5 nitrogen and oxygen atoms in total. The number of rotatable bonds is 6. The van der Waals surface area contributed by atoms with E-state index in [2.05, 4.69) is 76.9 Å². The van der Waals surface area contributed by atoms with Gasteiger partial charge in [0.2, 0.25) is 5.91 Å². The first-order valence-electron chi connectivity index (χ1n) is 10.7. The molecule has 2 heterocycles. The van der Waals surface area contributed by atoms with Gasteiger partial charge in [-0.3, -0.25) is 4.79 Å². The number of thioether (sulfide) groups is 1. The van der Waals surface area contributed by atoms with Gasteiger partial charge in [-0.05, 0) is 49.8 Å². The van der Waals surface area contributed by atoms with Gasteiger partial charge in [-0.25, -0.2) is 9.97 Å². The Hall–Kier alpha value is -2.86. The first kappa shape index (κ1) is 21.4. The maximum absolute atomic E-state index is 12.6. The molecular formula is C25H28N4OS. The molecule has 3 aromatic rings. The van der Waals surface area contributed by atoms with E-state index in [-0.39, 0.29) is 11.8 Å². The van der Waals surface area contributed by atoms with Gasteiger partial charge in [-0.15, -0.1) is 11.8 Å². The Balaban J connectivity index is 1.31. The molecule has 2 aromatic carbocycles. The van der Waals surface area contributed by atoms with Crippen molar-refractivity contribution in [1.82, 2.24) is 15.3 Å². The van der Waals surface area contributed by atoms with Gasteiger partial charge in [0.05, 0.1) is 0 Å². The Kier molecular flexibility index (Phi) is 6.87. The topological polar surface area (TPSA) is 58.1 Å². The van der Waals surface area contributed by atoms with Crippen molar-refractivity contribution in [3.63, 3.8) is 0 Å². The summed E-state index contributed by atoms with van der Waals surface area (Å²) in [5.41, 5.74) is 3.37. The Morgan fingerprint density at radius 2 is 1.77 bits per heavy atom. The molecule has 0 radical (unpaired) electrons. The number of hydrogen-bond donors (Lipinski definition) is 1. The molecule has 31 heavy (non-hydrogen) atoms. The highest BCUT2D eigenvalue weighted by Gasteiger charge is 2.25. The number of aryl methyl sites for hydroxylation is 1. The third-order valence-corrected chi connectivity index (χ3v) is 6.51. The molecular weight excluding hydrogens is 404 g/mol. The van der Waals surface area contributed by atoms with E-state index in [9.17, 15) is 4.79 Å². The number of carbonyl (C=O) groups excluding carboxylic acids is 1. The molecule has 0 atom stereocenters. The minimum atomic E-state index is 0.0557. The van der Waals surface area contributed by atoms with Crippen LogP contribution >= 0.6 is 11.8 Å². The maximum Gasteiger partial charge on any atom is 0.223 e. The number of hydrogen-bond acceptors (Lipinski definition) is 5. The molecule has 1 saturated heterocycles. The van der Waals surface area contributed by atoms with Crippen LogP contribution in [-0.2, 0) is 11.3 Å². The van der Waals surface area contributed by atoms with Crippen molar-refractivity contribution < 1.29 is 4.79 Å². The number of nitrogens with zero attached hydrogens (tertiary/aromatic N) is 3. The van der Waals surface area contributed by atoms with E-state index in [1.54, 1.807) is 11.8 Å². The van der Waals surface area contributed by atoms with Crippen molar-refractivity contribution in [3.8, 4) is 11.4 Å². The lowest BCUT2D eigenvalue weighted by Gasteiger charge is -2.32. The molecule has 1 aliphatic heterocycles. The molecule has 1 aliphatic rings. The minimum Gasteiger partial charge on any atom is -0.356 e. The van der Waals surface area contributed by atoms with Crippen LogP contribution in [-0.4, -0.2) is 35.2 Å². The third-order valence-electron chi connectivity index (χ3n) is 5.77. The van der Waals surface area contributed by atoms with E-state index in [0.717, 1.165) is 48.7 Å². The summed E-state index contributed by atoms with van der Waals surface area (Å²) >= 11 is 1.72. The second-order valence-corrected chi connectivity index (χ2v) is 8.81. The third kappa shape index (κ3) is 5.44. The van der Waals surface area contributed by atoms with Gasteiger partial charge in [0.1, 0.15) is 5.82 Å². The van der Waals surface area contributed by atoms with Crippen molar-refractivity contribution in [3.05, 3.63) is 71.9 Å². The number of benzene rings is 2. The number of amides is 1. The van der Waals surface area contributed by atoms with Crippen LogP contribution in [0.1, 0.15) is 24.0 Å². The molecule has 0 aliphatic carbocycles. The van der Waals surface area contributed by atoms with Crippen molar-refractivity contribution in [2.24, 2.45) is 5.92 Å². The van der Waals surface area contributed by atoms with Gasteiger partial charge in [0.15, 0.2) is 5.82 Å². The molecule has 6 heteroatoms. The van der Waals surface area contributed by atoms with Crippen molar-refractivity contribution in [2.75, 3.05) is 24.2 Å². The first-order valence-corrected chi connectivity index (χ1v) is 11.9. The highest BCUT2D eigenvalue weighted by molar-refractivity contribution is 7.98. The SMILES string of the molecule is CSc1ccc(CNC(=O)C2CCN(c3ccnc(-c4ccc(C)cc4)n3)CC2)cc1. The molecule has 160 valence electrons. The summed E-state index contributed by atoms with van der Waals surface area (Å²) in [6.45, 7) is 4.30. The smallest absolute Gasteiger partial charge is 0.223 e. The summed E-state index contributed by atoms with van der Waals surface area (Å²) in [6, 6.07) is 18.6. The van der Waals surface area contributed by atoms with Crippen LogP contribution in [0.15, 0.2) is 65.7 Å². The zero-order valence-corrected chi connectivity index (χ0v) is 18.9. The maximum atomic E-state index is 12.6. The van der Waals surface area contributed by atoms with Crippen LogP contribution in [0, 0.1) is 12.8 Å². The first-order chi connectivity index (χ1) is 15.1. The average Bonchev–Trinajstić information content (AvgIpc) is 2.83. The molecule has 1 amide bonds. The fourth-order valence-electron chi connectivity index (χ4n) is 3.81. The van der Waals surface area contributed by atoms with E-state index < -0.39 is 0 Å². The van der Waals surface area contributed by atoms with E-state index in [1.807, 2.05) is 12.3 Å². The van der Waals surface area contributed by atoms with Crippen molar-refractivity contribution in [1.29, 1.82) is 0 Å². The second kappa shape index (κ2) is 9.96. The monoisotopic (exact) mass is 432 g/mol. The minimum absolute atomic E-state index is 0.0557.